The van der Waals surface area contributed by atoms with E-state index in [1.807, 2.05) is 79.7 Å². The number of carbonyl (C=O) groups is 2. The van der Waals surface area contributed by atoms with Crippen molar-refractivity contribution in [2.75, 3.05) is 7.05 Å². The molecule has 0 saturated carbocycles. The van der Waals surface area contributed by atoms with Crippen LogP contribution in [0.4, 0.5) is 0 Å². The lowest BCUT2D eigenvalue weighted by Gasteiger charge is -2.31. The highest BCUT2D eigenvalue weighted by Crippen LogP contribution is 2.20. The topological polar surface area (TPSA) is 49.4 Å². The molecule has 1 N–H and O–H groups in total. The Morgan fingerprint density at radius 1 is 0.935 bits per heavy atom. The summed E-state index contributed by atoms with van der Waals surface area (Å²) in [5.41, 5.74) is 3.83. The van der Waals surface area contributed by atoms with Crippen LogP contribution in [0.1, 0.15) is 22.3 Å². The zero-order valence-electron chi connectivity index (χ0n) is 17.8. The summed E-state index contributed by atoms with van der Waals surface area (Å²) in [4.78, 5) is 28.1. The summed E-state index contributed by atoms with van der Waals surface area (Å²) in [6, 6.07) is 24.4. The Kier molecular flexibility index (Phi) is 7.85. The van der Waals surface area contributed by atoms with Crippen molar-refractivity contribution in [3.05, 3.63) is 106 Å². The molecule has 3 aromatic carbocycles. The number of likely N-dealkylation sites (N-methyl/N-ethyl adjacent to an activating group) is 1. The van der Waals surface area contributed by atoms with Crippen LogP contribution in [-0.2, 0) is 29.0 Å². The van der Waals surface area contributed by atoms with Gasteiger partial charge in [0.05, 0.1) is 6.42 Å². The first-order valence-electron chi connectivity index (χ1n) is 10.3. The normalized spacial score (nSPS) is 11.6. The van der Waals surface area contributed by atoms with E-state index in [9.17, 15) is 9.59 Å². The first-order valence-corrected chi connectivity index (χ1v) is 10.7. The van der Waals surface area contributed by atoms with Crippen molar-refractivity contribution in [2.45, 2.75) is 32.4 Å². The molecule has 0 spiro atoms. The van der Waals surface area contributed by atoms with Crippen LogP contribution in [0.3, 0.4) is 0 Å². The van der Waals surface area contributed by atoms with Crippen LogP contribution >= 0.6 is 11.6 Å². The number of carbonyl (C=O) groups excluding carboxylic acids is 2. The second kappa shape index (κ2) is 10.8. The number of nitrogens with one attached hydrogen (secondary N) is 1. The molecule has 0 aromatic heterocycles. The maximum Gasteiger partial charge on any atom is 0.242 e. The van der Waals surface area contributed by atoms with Gasteiger partial charge in [-0.25, -0.2) is 0 Å². The lowest BCUT2D eigenvalue weighted by Crippen LogP contribution is -2.50. The number of benzene rings is 3. The van der Waals surface area contributed by atoms with Crippen molar-refractivity contribution >= 4 is 23.4 Å². The van der Waals surface area contributed by atoms with E-state index in [1.165, 1.54) is 0 Å². The molecule has 0 fully saturated rings. The fourth-order valence-electron chi connectivity index (χ4n) is 3.63. The maximum atomic E-state index is 13.5. The molecule has 0 aliphatic heterocycles. The third kappa shape index (κ3) is 6.19. The van der Waals surface area contributed by atoms with Gasteiger partial charge in [-0.1, -0.05) is 90.0 Å². The highest BCUT2D eigenvalue weighted by atomic mass is 35.5. The molecule has 5 heteroatoms. The Morgan fingerprint density at radius 2 is 1.61 bits per heavy atom. The van der Waals surface area contributed by atoms with Gasteiger partial charge in [-0.05, 0) is 29.7 Å². The first kappa shape index (κ1) is 22.6. The molecule has 0 bridgehead atoms. The first-order chi connectivity index (χ1) is 15.0. The predicted molar refractivity (Wildman–Crippen MR) is 125 cm³/mol. The number of nitrogens with zero attached hydrogens (tertiary/aromatic N) is 1. The van der Waals surface area contributed by atoms with Crippen molar-refractivity contribution in [3.63, 3.8) is 0 Å². The highest BCUT2D eigenvalue weighted by molar-refractivity contribution is 6.31. The monoisotopic (exact) mass is 434 g/mol. The quantitative estimate of drug-likeness (QED) is 0.564. The van der Waals surface area contributed by atoms with E-state index in [-0.39, 0.29) is 18.2 Å². The van der Waals surface area contributed by atoms with Gasteiger partial charge in [0, 0.05) is 25.0 Å². The molecule has 3 aromatic rings. The molecular weight excluding hydrogens is 408 g/mol. The summed E-state index contributed by atoms with van der Waals surface area (Å²) in [7, 11) is 1.60. The van der Waals surface area contributed by atoms with E-state index in [4.69, 9.17) is 11.6 Å². The fraction of sp³-hybridized carbons (Fsp3) is 0.231. The number of rotatable bonds is 8. The molecule has 1 atom stereocenters. The lowest BCUT2D eigenvalue weighted by molar-refractivity contribution is -0.140. The smallest absolute Gasteiger partial charge is 0.242 e. The zero-order chi connectivity index (χ0) is 22.2. The molecule has 2 amide bonds. The molecule has 31 heavy (non-hydrogen) atoms. The van der Waals surface area contributed by atoms with Crippen LogP contribution < -0.4 is 5.32 Å². The highest BCUT2D eigenvalue weighted by Gasteiger charge is 2.30. The summed E-state index contributed by atoms with van der Waals surface area (Å²) in [5, 5.41) is 3.28. The minimum atomic E-state index is -0.636. The number of hydrogen-bond acceptors (Lipinski definition) is 2. The van der Waals surface area contributed by atoms with Gasteiger partial charge in [0.2, 0.25) is 11.8 Å². The van der Waals surface area contributed by atoms with E-state index >= 15 is 0 Å². The third-order valence-electron chi connectivity index (χ3n) is 5.25. The molecule has 0 saturated heterocycles. The zero-order valence-corrected chi connectivity index (χ0v) is 18.6. The van der Waals surface area contributed by atoms with E-state index in [0.29, 0.717) is 18.0 Å². The van der Waals surface area contributed by atoms with Gasteiger partial charge in [-0.2, -0.15) is 0 Å². The third-order valence-corrected chi connectivity index (χ3v) is 5.62. The second-order valence-corrected chi connectivity index (χ2v) is 8.01. The number of halogens is 1. The van der Waals surface area contributed by atoms with Gasteiger partial charge >= 0.3 is 0 Å². The molecule has 3 rings (SSSR count). The Labute approximate surface area is 188 Å². The Bertz CT molecular complexity index is 1040. The van der Waals surface area contributed by atoms with Crippen LogP contribution in [0.2, 0.25) is 5.02 Å². The maximum absolute atomic E-state index is 13.5. The fourth-order valence-corrected chi connectivity index (χ4v) is 3.84. The van der Waals surface area contributed by atoms with Gasteiger partial charge in [-0.15, -0.1) is 0 Å². The Balaban J connectivity index is 1.95. The van der Waals surface area contributed by atoms with Gasteiger partial charge in [0.15, 0.2) is 0 Å². The van der Waals surface area contributed by atoms with Crippen molar-refractivity contribution < 1.29 is 9.59 Å². The van der Waals surface area contributed by atoms with Crippen molar-refractivity contribution in [1.82, 2.24) is 10.2 Å². The summed E-state index contributed by atoms with van der Waals surface area (Å²) in [6.07, 6.45) is 0.564. The Morgan fingerprint density at radius 3 is 2.29 bits per heavy atom. The molecule has 0 radical (unpaired) electrons. The van der Waals surface area contributed by atoms with E-state index < -0.39 is 6.04 Å². The van der Waals surface area contributed by atoms with Gasteiger partial charge in [0.25, 0.3) is 0 Å². The van der Waals surface area contributed by atoms with E-state index in [2.05, 4.69) is 5.32 Å². The summed E-state index contributed by atoms with van der Waals surface area (Å²) < 4.78 is 0. The van der Waals surface area contributed by atoms with Gasteiger partial charge < -0.3 is 10.2 Å². The van der Waals surface area contributed by atoms with Crippen LogP contribution in [0.5, 0.6) is 0 Å². The minimum Gasteiger partial charge on any atom is -0.357 e. The number of amides is 2. The molecule has 0 aliphatic carbocycles. The van der Waals surface area contributed by atoms with Gasteiger partial charge in [-0.3, -0.25) is 9.59 Å². The van der Waals surface area contributed by atoms with Crippen LogP contribution in [0.15, 0.2) is 78.9 Å². The molecular formula is C26H27ClN2O2. The average Bonchev–Trinajstić information content (AvgIpc) is 2.78. The number of aryl methyl sites for hydroxylation is 1. The second-order valence-electron chi connectivity index (χ2n) is 7.60. The largest absolute Gasteiger partial charge is 0.357 e. The molecule has 0 heterocycles. The van der Waals surface area contributed by atoms with Crippen molar-refractivity contribution in [2.24, 2.45) is 0 Å². The number of hydrogen-bond donors (Lipinski definition) is 1. The van der Waals surface area contributed by atoms with Crippen LogP contribution in [0, 0.1) is 6.92 Å². The standard InChI is InChI=1S/C26H27ClN2O2/c1-19-9-8-12-21(15-19)18-29(25(30)17-22-13-6-7-14-23(22)27)24(26(31)28-2)16-20-10-4-3-5-11-20/h3-15,24H,16-18H2,1-2H3,(H,28,31)/t24-/m0/s1. The predicted octanol–water partition coefficient (Wildman–Crippen LogP) is 4.58. The molecule has 0 aliphatic rings. The summed E-state index contributed by atoms with van der Waals surface area (Å²) in [6.45, 7) is 2.36. The Hall–Kier alpha value is -3.11. The van der Waals surface area contributed by atoms with Gasteiger partial charge in [0.1, 0.15) is 6.04 Å². The van der Waals surface area contributed by atoms with Crippen LogP contribution in [-0.4, -0.2) is 29.8 Å². The lowest BCUT2D eigenvalue weighted by atomic mass is 10.0. The van der Waals surface area contributed by atoms with Crippen LogP contribution in [0.25, 0.3) is 0 Å². The van der Waals surface area contributed by atoms with E-state index in [0.717, 1.165) is 22.3 Å². The molecule has 4 nitrogen and oxygen atoms in total. The summed E-state index contributed by atoms with van der Waals surface area (Å²) in [5.74, 6) is -0.330. The van der Waals surface area contributed by atoms with Crippen molar-refractivity contribution in [3.8, 4) is 0 Å². The van der Waals surface area contributed by atoms with E-state index in [1.54, 1.807) is 18.0 Å². The summed E-state index contributed by atoms with van der Waals surface area (Å²) >= 11 is 6.30. The van der Waals surface area contributed by atoms with Crippen molar-refractivity contribution in [1.29, 1.82) is 0 Å². The minimum absolute atomic E-state index is 0.133. The average molecular weight is 435 g/mol. The SMILES string of the molecule is CNC(=O)[C@H](Cc1ccccc1)N(Cc1cccc(C)c1)C(=O)Cc1ccccc1Cl. The molecule has 0 unspecified atom stereocenters. The molecule has 160 valence electrons.